The van der Waals surface area contributed by atoms with Gasteiger partial charge in [0.2, 0.25) is 0 Å². The van der Waals surface area contributed by atoms with E-state index in [1.807, 2.05) is 0 Å². The summed E-state index contributed by atoms with van der Waals surface area (Å²) in [6, 6.07) is 0. The van der Waals surface area contributed by atoms with Crippen molar-refractivity contribution in [1.29, 1.82) is 0 Å². The molecule has 0 N–H and O–H groups in total. The van der Waals surface area contributed by atoms with Crippen molar-refractivity contribution in [1.82, 2.24) is 0 Å². The molecule has 1 heteroatoms. The van der Waals surface area contributed by atoms with Crippen molar-refractivity contribution in [2.75, 3.05) is 6.61 Å². The number of ether oxygens (including phenoxy) is 1. The molecule has 0 radical (unpaired) electrons. The average molecular weight is 156 g/mol. The van der Waals surface area contributed by atoms with Gasteiger partial charge in [0.15, 0.2) is 0 Å². The zero-order valence-electron chi connectivity index (χ0n) is 7.81. The molecule has 0 saturated heterocycles. The minimum absolute atomic E-state index is 0.582. The smallest absolute Gasteiger partial charge is 0.0577 e. The maximum Gasteiger partial charge on any atom is 0.0577 e. The first-order valence-corrected chi connectivity index (χ1v) is 4.94. The molecule has 0 aromatic carbocycles. The third-order valence-electron chi connectivity index (χ3n) is 2.45. The molecule has 0 aliphatic heterocycles. The monoisotopic (exact) mass is 156 g/mol. The van der Waals surface area contributed by atoms with Crippen LogP contribution in [0.25, 0.3) is 0 Å². The number of hydrogen-bond acceptors (Lipinski definition) is 1. The van der Waals surface area contributed by atoms with E-state index < -0.39 is 0 Å². The van der Waals surface area contributed by atoms with E-state index in [4.69, 9.17) is 4.74 Å². The van der Waals surface area contributed by atoms with Crippen LogP contribution in [0.5, 0.6) is 0 Å². The largest absolute Gasteiger partial charge is 0.378 e. The summed E-state index contributed by atoms with van der Waals surface area (Å²) < 4.78 is 5.70. The van der Waals surface area contributed by atoms with Crippen LogP contribution in [-0.2, 0) is 4.74 Å². The Hall–Kier alpha value is -0.0400. The highest BCUT2D eigenvalue weighted by Gasteiger charge is 2.18. The second-order valence-corrected chi connectivity index (χ2v) is 3.76. The molecule has 2 unspecified atom stereocenters. The molecule has 1 rings (SSSR count). The van der Waals surface area contributed by atoms with Crippen LogP contribution >= 0.6 is 0 Å². The van der Waals surface area contributed by atoms with Crippen LogP contribution < -0.4 is 0 Å². The average Bonchev–Trinajstić information content (AvgIpc) is 2.01. The predicted octanol–water partition coefficient (Wildman–Crippen LogP) is 2.99. The van der Waals surface area contributed by atoms with Crippen LogP contribution in [0.2, 0.25) is 0 Å². The van der Waals surface area contributed by atoms with Gasteiger partial charge < -0.3 is 4.74 Å². The van der Waals surface area contributed by atoms with Crippen LogP contribution in [0.3, 0.4) is 0 Å². The van der Waals surface area contributed by atoms with Crippen molar-refractivity contribution in [2.45, 2.75) is 52.1 Å². The number of rotatable bonds is 3. The minimum atomic E-state index is 0.582. The van der Waals surface area contributed by atoms with Crippen molar-refractivity contribution in [3.63, 3.8) is 0 Å². The topological polar surface area (TPSA) is 9.23 Å². The van der Waals surface area contributed by atoms with Gasteiger partial charge in [0.05, 0.1) is 6.10 Å². The summed E-state index contributed by atoms with van der Waals surface area (Å²) in [4.78, 5) is 0. The lowest BCUT2D eigenvalue weighted by Crippen LogP contribution is -2.21. The van der Waals surface area contributed by atoms with E-state index >= 15 is 0 Å². The van der Waals surface area contributed by atoms with Crippen molar-refractivity contribution < 1.29 is 4.74 Å². The Bertz CT molecular complexity index is 101. The molecule has 11 heavy (non-hydrogen) atoms. The normalized spacial score (nSPS) is 32.2. The third kappa shape index (κ3) is 3.24. The van der Waals surface area contributed by atoms with Gasteiger partial charge in [0.1, 0.15) is 0 Å². The Kier molecular flexibility index (Phi) is 3.92. The summed E-state index contributed by atoms with van der Waals surface area (Å²) in [5, 5.41) is 0. The highest BCUT2D eigenvalue weighted by Crippen LogP contribution is 2.25. The molecule has 66 valence electrons. The SMILES string of the molecule is CCCOC1CCCC(C)C1. The summed E-state index contributed by atoms with van der Waals surface area (Å²) in [5.41, 5.74) is 0. The van der Waals surface area contributed by atoms with Gasteiger partial charge in [-0.25, -0.2) is 0 Å². The van der Waals surface area contributed by atoms with Gasteiger partial charge in [0, 0.05) is 6.61 Å². The Balaban J connectivity index is 2.12. The predicted molar refractivity (Wildman–Crippen MR) is 47.7 cm³/mol. The van der Waals surface area contributed by atoms with Gasteiger partial charge in [-0.1, -0.05) is 26.7 Å². The van der Waals surface area contributed by atoms with Crippen LogP contribution in [0, 0.1) is 5.92 Å². The van der Waals surface area contributed by atoms with E-state index in [2.05, 4.69) is 13.8 Å². The van der Waals surface area contributed by atoms with Crippen LogP contribution in [0.15, 0.2) is 0 Å². The van der Waals surface area contributed by atoms with E-state index in [9.17, 15) is 0 Å². The van der Waals surface area contributed by atoms with Crippen molar-refractivity contribution in [2.24, 2.45) is 5.92 Å². The molecule has 0 bridgehead atoms. The Morgan fingerprint density at radius 2 is 2.18 bits per heavy atom. The van der Waals surface area contributed by atoms with Gasteiger partial charge in [-0.3, -0.25) is 0 Å². The Labute approximate surface area is 70.1 Å². The van der Waals surface area contributed by atoms with Gasteiger partial charge in [-0.15, -0.1) is 0 Å². The van der Waals surface area contributed by atoms with E-state index in [0.29, 0.717) is 6.10 Å². The Morgan fingerprint density at radius 1 is 1.36 bits per heavy atom. The van der Waals surface area contributed by atoms with Crippen LogP contribution in [0.4, 0.5) is 0 Å². The first-order chi connectivity index (χ1) is 5.33. The molecule has 0 aromatic rings. The maximum atomic E-state index is 5.70. The molecule has 0 spiro atoms. The summed E-state index contributed by atoms with van der Waals surface area (Å²) in [5.74, 6) is 0.894. The lowest BCUT2D eigenvalue weighted by Gasteiger charge is -2.26. The first kappa shape index (κ1) is 9.05. The molecule has 0 amide bonds. The van der Waals surface area contributed by atoms with E-state index in [-0.39, 0.29) is 0 Å². The third-order valence-corrected chi connectivity index (χ3v) is 2.45. The minimum Gasteiger partial charge on any atom is -0.378 e. The molecule has 1 saturated carbocycles. The summed E-state index contributed by atoms with van der Waals surface area (Å²) in [6.45, 7) is 5.46. The molecule has 0 heterocycles. The number of hydrogen-bond donors (Lipinski definition) is 0. The van der Waals surface area contributed by atoms with Crippen molar-refractivity contribution >= 4 is 0 Å². The van der Waals surface area contributed by atoms with Gasteiger partial charge in [0.25, 0.3) is 0 Å². The van der Waals surface area contributed by atoms with Crippen molar-refractivity contribution in [3.8, 4) is 0 Å². The lowest BCUT2D eigenvalue weighted by atomic mass is 9.89. The fourth-order valence-corrected chi connectivity index (χ4v) is 1.81. The molecular weight excluding hydrogens is 136 g/mol. The maximum absolute atomic E-state index is 5.70. The quantitative estimate of drug-likeness (QED) is 0.610. The first-order valence-electron chi connectivity index (χ1n) is 4.94. The van der Waals surface area contributed by atoms with Gasteiger partial charge in [-0.05, 0) is 25.2 Å². The molecule has 1 aliphatic carbocycles. The van der Waals surface area contributed by atoms with Crippen LogP contribution in [-0.4, -0.2) is 12.7 Å². The Morgan fingerprint density at radius 3 is 2.82 bits per heavy atom. The summed E-state index contributed by atoms with van der Waals surface area (Å²) >= 11 is 0. The fraction of sp³-hybridized carbons (Fsp3) is 1.00. The summed E-state index contributed by atoms with van der Waals surface area (Å²) in [6.07, 6.45) is 7.11. The highest BCUT2D eigenvalue weighted by molar-refractivity contribution is 4.70. The summed E-state index contributed by atoms with van der Waals surface area (Å²) in [7, 11) is 0. The fourth-order valence-electron chi connectivity index (χ4n) is 1.81. The van der Waals surface area contributed by atoms with E-state index in [1.165, 1.54) is 25.7 Å². The van der Waals surface area contributed by atoms with Crippen molar-refractivity contribution in [3.05, 3.63) is 0 Å². The highest BCUT2D eigenvalue weighted by atomic mass is 16.5. The van der Waals surface area contributed by atoms with Gasteiger partial charge >= 0.3 is 0 Å². The molecule has 2 atom stereocenters. The lowest BCUT2D eigenvalue weighted by molar-refractivity contribution is 0.0160. The van der Waals surface area contributed by atoms with Gasteiger partial charge in [-0.2, -0.15) is 0 Å². The van der Waals surface area contributed by atoms with E-state index in [1.54, 1.807) is 0 Å². The standard InChI is InChI=1S/C10H20O/c1-3-7-11-10-6-4-5-9(2)8-10/h9-10H,3-8H2,1-2H3. The van der Waals surface area contributed by atoms with Crippen LogP contribution in [0.1, 0.15) is 46.0 Å². The zero-order valence-corrected chi connectivity index (χ0v) is 7.81. The molecular formula is C10H20O. The molecule has 1 fully saturated rings. The molecule has 1 aliphatic rings. The molecule has 1 nitrogen and oxygen atoms in total. The molecule has 0 aromatic heterocycles. The second kappa shape index (κ2) is 4.76. The second-order valence-electron chi connectivity index (χ2n) is 3.76. The van der Waals surface area contributed by atoms with E-state index in [0.717, 1.165) is 18.9 Å². The zero-order chi connectivity index (χ0) is 8.10.